The minimum absolute atomic E-state index is 0.405. The van der Waals surface area contributed by atoms with Gasteiger partial charge in [-0.3, -0.25) is 4.57 Å². The Morgan fingerprint density at radius 2 is 1.95 bits per heavy atom. The van der Waals surface area contributed by atoms with E-state index < -0.39 is 0 Å². The molecule has 0 spiro atoms. The molecule has 0 amide bonds. The van der Waals surface area contributed by atoms with Crippen LogP contribution in [0.1, 0.15) is 0 Å². The third kappa shape index (κ3) is 2.16. The Morgan fingerprint density at radius 1 is 1.16 bits per heavy atom. The van der Waals surface area contributed by atoms with E-state index in [4.69, 9.17) is 17.3 Å². The highest BCUT2D eigenvalue weighted by Gasteiger charge is 2.14. The van der Waals surface area contributed by atoms with Crippen molar-refractivity contribution in [2.24, 2.45) is 0 Å². The number of halogens is 3. The van der Waals surface area contributed by atoms with Crippen LogP contribution in [0.4, 0.5) is 5.95 Å². The third-order valence-corrected chi connectivity index (χ3v) is 4.28. The average molecular weight is 401 g/mol. The molecular formula is C13H8Br2ClN3. The van der Waals surface area contributed by atoms with Gasteiger partial charge in [0.2, 0.25) is 5.95 Å². The molecule has 0 fully saturated rings. The summed E-state index contributed by atoms with van der Waals surface area (Å²) in [7, 11) is 0. The first-order chi connectivity index (χ1) is 9.08. The number of imidazole rings is 1. The molecule has 2 aromatic carbocycles. The molecule has 96 valence electrons. The summed E-state index contributed by atoms with van der Waals surface area (Å²) >= 11 is 13.1. The van der Waals surface area contributed by atoms with Crippen molar-refractivity contribution in [3.05, 3.63) is 50.4 Å². The minimum atomic E-state index is 0.405. The SMILES string of the molecule is Nc1nc2c(Cl)cccc2n1-c1cc(Br)ccc1Br. The number of fused-ring (bicyclic) bond motifs is 1. The first-order valence-electron chi connectivity index (χ1n) is 5.46. The molecule has 0 saturated heterocycles. The quantitative estimate of drug-likeness (QED) is 0.637. The van der Waals surface area contributed by atoms with Gasteiger partial charge in [-0.25, -0.2) is 4.98 Å². The monoisotopic (exact) mass is 399 g/mol. The highest BCUT2D eigenvalue weighted by molar-refractivity contribution is 9.11. The third-order valence-electron chi connectivity index (χ3n) is 2.81. The molecule has 3 nitrogen and oxygen atoms in total. The lowest BCUT2D eigenvalue weighted by Crippen LogP contribution is -2.01. The number of aromatic nitrogens is 2. The molecule has 0 saturated carbocycles. The number of nitrogen functional groups attached to an aromatic ring is 1. The number of hydrogen-bond acceptors (Lipinski definition) is 2. The second kappa shape index (κ2) is 4.81. The summed E-state index contributed by atoms with van der Waals surface area (Å²) in [5.41, 5.74) is 8.52. The Balaban J connectivity index is 2.39. The molecule has 0 aliphatic heterocycles. The van der Waals surface area contributed by atoms with E-state index in [0.29, 0.717) is 16.5 Å². The normalized spacial score (nSPS) is 11.1. The van der Waals surface area contributed by atoms with E-state index in [2.05, 4.69) is 36.8 Å². The molecule has 1 aromatic heterocycles. The maximum Gasteiger partial charge on any atom is 0.206 e. The van der Waals surface area contributed by atoms with Gasteiger partial charge in [0.25, 0.3) is 0 Å². The molecule has 0 radical (unpaired) electrons. The number of rotatable bonds is 1. The molecule has 0 bridgehead atoms. The lowest BCUT2D eigenvalue weighted by atomic mass is 10.3. The molecule has 0 aliphatic carbocycles. The number of nitrogens with zero attached hydrogens (tertiary/aromatic N) is 2. The van der Waals surface area contributed by atoms with E-state index in [1.54, 1.807) is 6.07 Å². The zero-order valence-corrected chi connectivity index (χ0v) is 13.5. The summed E-state index contributed by atoms with van der Waals surface area (Å²) in [5, 5.41) is 0.592. The van der Waals surface area contributed by atoms with Crippen molar-refractivity contribution >= 4 is 60.4 Å². The van der Waals surface area contributed by atoms with Crippen molar-refractivity contribution in [2.45, 2.75) is 0 Å². The zero-order valence-electron chi connectivity index (χ0n) is 9.57. The molecule has 19 heavy (non-hydrogen) atoms. The van der Waals surface area contributed by atoms with Crippen molar-refractivity contribution < 1.29 is 0 Å². The Bertz CT molecular complexity index is 783. The van der Waals surface area contributed by atoms with Gasteiger partial charge in [0.15, 0.2) is 0 Å². The molecule has 0 aliphatic rings. The van der Waals surface area contributed by atoms with Crippen LogP contribution in [0.15, 0.2) is 45.3 Å². The van der Waals surface area contributed by atoms with Crippen molar-refractivity contribution in [1.29, 1.82) is 0 Å². The van der Waals surface area contributed by atoms with E-state index >= 15 is 0 Å². The Kier molecular flexibility index (Phi) is 3.28. The number of hydrogen-bond donors (Lipinski definition) is 1. The Labute approximate surface area is 131 Å². The van der Waals surface area contributed by atoms with Crippen molar-refractivity contribution in [3.63, 3.8) is 0 Å². The van der Waals surface area contributed by atoms with Crippen molar-refractivity contribution in [1.82, 2.24) is 9.55 Å². The minimum Gasteiger partial charge on any atom is -0.369 e. The van der Waals surface area contributed by atoms with Crippen LogP contribution in [0.2, 0.25) is 5.02 Å². The van der Waals surface area contributed by atoms with Crippen LogP contribution in [0.3, 0.4) is 0 Å². The molecule has 2 N–H and O–H groups in total. The second-order valence-corrected chi connectivity index (χ2v) is 6.19. The van der Waals surface area contributed by atoms with Gasteiger partial charge < -0.3 is 5.73 Å². The van der Waals surface area contributed by atoms with Crippen LogP contribution < -0.4 is 5.73 Å². The van der Waals surface area contributed by atoms with E-state index in [0.717, 1.165) is 20.1 Å². The molecule has 6 heteroatoms. The lowest BCUT2D eigenvalue weighted by molar-refractivity contribution is 1.10. The zero-order chi connectivity index (χ0) is 13.6. The molecule has 1 heterocycles. The molecule has 3 rings (SSSR count). The second-order valence-electron chi connectivity index (χ2n) is 4.01. The summed E-state index contributed by atoms with van der Waals surface area (Å²) in [6.45, 7) is 0. The van der Waals surface area contributed by atoms with Gasteiger partial charge in [0.1, 0.15) is 5.52 Å². The number of para-hydroxylation sites is 1. The Morgan fingerprint density at radius 3 is 2.74 bits per heavy atom. The molecule has 0 unspecified atom stereocenters. The summed E-state index contributed by atoms with van der Waals surface area (Å²) in [4.78, 5) is 4.33. The van der Waals surface area contributed by atoms with Gasteiger partial charge in [-0.2, -0.15) is 0 Å². The highest BCUT2D eigenvalue weighted by atomic mass is 79.9. The number of benzene rings is 2. The van der Waals surface area contributed by atoms with Crippen molar-refractivity contribution in [2.75, 3.05) is 5.73 Å². The first kappa shape index (κ1) is 13.0. The number of anilines is 1. The van der Waals surface area contributed by atoms with Crippen LogP contribution in [0.25, 0.3) is 16.7 Å². The first-order valence-corrected chi connectivity index (χ1v) is 7.42. The summed E-state index contributed by atoms with van der Waals surface area (Å²) in [6.07, 6.45) is 0. The smallest absolute Gasteiger partial charge is 0.206 e. The van der Waals surface area contributed by atoms with Crippen LogP contribution in [0.5, 0.6) is 0 Å². The predicted molar refractivity (Wildman–Crippen MR) is 85.9 cm³/mol. The van der Waals surface area contributed by atoms with Crippen LogP contribution >= 0.6 is 43.5 Å². The average Bonchev–Trinajstić information content (AvgIpc) is 2.70. The van der Waals surface area contributed by atoms with Gasteiger partial charge in [0.05, 0.1) is 16.2 Å². The fourth-order valence-corrected chi connectivity index (χ4v) is 2.98. The van der Waals surface area contributed by atoms with E-state index in [9.17, 15) is 0 Å². The highest BCUT2D eigenvalue weighted by Crippen LogP contribution is 2.32. The van der Waals surface area contributed by atoms with Gasteiger partial charge in [-0.05, 0) is 46.3 Å². The summed E-state index contributed by atoms with van der Waals surface area (Å²) in [6, 6.07) is 11.5. The van der Waals surface area contributed by atoms with Crippen LogP contribution in [0, 0.1) is 0 Å². The summed E-state index contributed by atoms with van der Waals surface area (Å²) < 4.78 is 3.77. The maximum atomic E-state index is 6.15. The largest absolute Gasteiger partial charge is 0.369 e. The molecule has 3 aromatic rings. The Hall–Kier alpha value is -1.04. The van der Waals surface area contributed by atoms with Gasteiger partial charge >= 0.3 is 0 Å². The topological polar surface area (TPSA) is 43.8 Å². The summed E-state index contributed by atoms with van der Waals surface area (Å²) in [5.74, 6) is 0.405. The number of nitrogens with two attached hydrogens (primary N) is 1. The van der Waals surface area contributed by atoms with Gasteiger partial charge in [-0.15, -0.1) is 0 Å². The van der Waals surface area contributed by atoms with E-state index in [-0.39, 0.29) is 0 Å². The van der Waals surface area contributed by atoms with Crippen LogP contribution in [-0.4, -0.2) is 9.55 Å². The fourth-order valence-electron chi connectivity index (χ4n) is 1.99. The maximum absolute atomic E-state index is 6.15. The van der Waals surface area contributed by atoms with E-state index in [1.807, 2.05) is 34.9 Å². The van der Waals surface area contributed by atoms with E-state index in [1.165, 1.54) is 0 Å². The molecule has 0 atom stereocenters. The lowest BCUT2D eigenvalue weighted by Gasteiger charge is -2.09. The standard InChI is InChI=1S/C13H8Br2ClN3/c14-7-4-5-8(15)11(6-7)19-10-3-1-2-9(16)12(10)18-13(19)17/h1-6H,(H2,17,18). The van der Waals surface area contributed by atoms with Crippen molar-refractivity contribution in [3.8, 4) is 5.69 Å². The predicted octanol–water partition coefficient (Wildman–Crippen LogP) is 4.79. The van der Waals surface area contributed by atoms with Crippen LogP contribution in [-0.2, 0) is 0 Å². The fraction of sp³-hybridized carbons (Fsp3) is 0. The van der Waals surface area contributed by atoms with Gasteiger partial charge in [0, 0.05) is 8.95 Å². The van der Waals surface area contributed by atoms with Gasteiger partial charge in [-0.1, -0.05) is 33.6 Å². The molecular weight excluding hydrogens is 393 g/mol.